The molecule has 186 valence electrons. The molecule has 3 heteroatoms. The van der Waals surface area contributed by atoms with Crippen LogP contribution in [-0.2, 0) is 20.8 Å². The summed E-state index contributed by atoms with van der Waals surface area (Å²) in [5.41, 5.74) is 1.17. The average Bonchev–Trinajstić information content (AvgIpc) is 2.94. The highest BCUT2D eigenvalue weighted by atomic mass is 16.5. The first-order valence-electron chi connectivity index (χ1n) is 12.6. The Bertz CT molecular complexity index is 1090. The normalized spacial score (nSPS) is 11.1. The van der Waals surface area contributed by atoms with Crippen molar-refractivity contribution >= 4 is 32.3 Å². The van der Waals surface area contributed by atoms with Gasteiger partial charge in [0, 0.05) is 14.2 Å². The van der Waals surface area contributed by atoms with Gasteiger partial charge in [-0.25, -0.2) is 0 Å². The summed E-state index contributed by atoms with van der Waals surface area (Å²) in [5.74, 6) is 0. The molecule has 0 spiro atoms. The Kier molecular flexibility index (Phi) is 12.8. The molecule has 3 nitrogen and oxygen atoms in total. The first kappa shape index (κ1) is 28.3. The largest absolute Gasteiger partial charge is 0.382 e. The van der Waals surface area contributed by atoms with E-state index in [0.29, 0.717) is 19.8 Å². The van der Waals surface area contributed by atoms with E-state index >= 15 is 0 Å². The van der Waals surface area contributed by atoms with Crippen LogP contribution in [0.2, 0.25) is 0 Å². The Morgan fingerprint density at radius 3 is 1.40 bits per heavy atom. The summed E-state index contributed by atoms with van der Waals surface area (Å²) < 4.78 is 15.7. The van der Waals surface area contributed by atoms with Gasteiger partial charge in [0.1, 0.15) is 6.10 Å². The van der Waals surface area contributed by atoms with E-state index in [1.54, 1.807) is 14.2 Å². The fraction of sp³-hybridized carbons (Fsp3) is 0.312. The van der Waals surface area contributed by atoms with Crippen molar-refractivity contribution in [1.29, 1.82) is 0 Å². The molecular formula is C32H40O3. The lowest BCUT2D eigenvalue weighted by Gasteiger charge is -2.14. The maximum atomic E-state index is 5.52. The number of benzene rings is 5. The summed E-state index contributed by atoms with van der Waals surface area (Å²) in [6, 6.07) is 31.9. The summed E-state index contributed by atoms with van der Waals surface area (Å²) in [7, 11) is 3.32. The summed E-state index contributed by atoms with van der Waals surface area (Å²) >= 11 is 0. The van der Waals surface area contributed by atoms with Crippen LogP contribution in [0.5, 0.6) is 0 Å². The van der Waals surface area contributed by atoms with Gasteiger partial charge in [-0.15, -0.1) is 0 Å². The molecule has 0 N–H and O–H groups in total. The molecule has 1 atom stereocenters. The van der Waals surface area contributed by atoms with Crippen molar-refractivity contribution in [2.45, 2.75) is 40.4 Å². The number of methoxy groups -OCH3 is 2. The van der Waals surface area contributed by atoms with E-state index in [2.05, 4.69) is 60.7 Å². The van der Waals surface area contributed by atoms with Gasteiger partial charge in [-0.05, 0) is 37.9 Å². The lowest BCUT2D eigenvalue weighted by Crippen LogP contribution is -2.23. The van der Waals surface area contributed by atoms with Crippen LogP contribution in [0.4, 0.5) is 0 Å². The van der Waals surface area contributed by atoms with Gasteiger partial charge in [0.25, 0.3) is 0 Å². The Hall–Kier alpha value is -2.98. The Morgan fingerprint density at radius 2 is 1.00 bits per heavy atom. The number of ether oxygens (including phenoxy) is 3. The number of rotatable bonds is 7. The highest BCUT2D eigenvalue weighted by Crippen LogP contribution is 2.33. The standard InChI is InChI=1S/C16H10.C12H18O3.2C2H6/c1-3-11-7-9-13-5-2-6-14-10-8-12(4-1)15(11)16(13)14;1-13-9-12(14-2)10-15-8-11-6-4-3-5-7-11;2*1-2/h1-10H;3-7,12H,8-10H2,1-2H3;2*1-2H3. The summed E-state index contributed by atoms with van der Waals surface area (Å²) in [5, 5.41) is 8.14. The summed E-state index contributed by atoms with van der Waals surface area (Å²) in [4.78, 5) is 0. The minimum atomic E-state index is 0.0127. The number of hydrogen-bond acceptors (Lipinski definition) is 3. The molecule has 0 amide bonds. The quantitative estimate of drug-likeness (QED) is 0.222. The fourth-order valence-electron chi connectivity index (χ4n) is 3.92. The third-order valence-electron chi connectivity index (χ3n) is 5.49. The predicted octanol–water partition coefficient (Wildman–Crippen LogP) is 8.50. The van der Waals surface area contributed by atoms with Crippen LogP contribution in [0.25, 0.3) is 32.3 Å². The predicted molar refractivity (Wildman–Crippen MR) is 152 cm³/mol. The van der Waals surface area contributed by atoms with Crippen molar-refractivity contribution in [3.05, 3.63) is 96.6 Å². The SMILES string of the molecule is CC.CC.COCC(COCc1ccccc1)OC.c1cc2ccc3cccc4ccc(c1)c2c34. The van der Waals surface area contributed by atoms with E-state index in [-0.39, 0.29) is 6.10 Å². The third kappa shape index (κ3) is 7.76. The van der Waals surface area contributed by atoms with Gasteiger partial charge >= 0.3 is 0 Å². The molecule has 35 heavy (non-hydrogen) atoms. The van der Waals surface area contributed by atoms with Crippen LogP contribution in [-0.4, -0.2) is 33.5 Å². The van der Waals surface area contributed by atoms with E-state index in [1.165, 1.54) is 37.9 Å². The topological polar surface area (TPSA) is 27.7 Å². The molecule has 0 aliphatic carbocycles. The monoisotopic (exact) mass is 472 g/mol. The van der Waals surface area contributed by atoms with Crippen LogP contribution in [0, 0.1) is 0 Å². The number of hydrogen-bond donors (Lipinski definition) is 0. The van der Waals surface area contributed by atoms with E-state index in [9.17, 15) is 0 Å². The van der Waals surface area contributed by atoms with Crippen molar-refractivity contribution in [1.82, 2.24) is 0 Å². The lowest BCUT2D eigenvalue weighted by molar-refractivity contribution is -0.0347. The molecular weight excluding hydrogens is 432 g/mol. The first-order chi connectivity index (χ1) is 17.3. The van der Waals surface area contributed by atoms with Crippen LogP contribution < -0.4 is 0 Å². The zero-order valence-electron chi connectivity index (χ0n) is 22.1. The fourth-order valence-corrected chi connectivity index (χ4v) is 3.92. The van der Waals surface area contributed by atoms with Gasteiger partial charge in [0.2, 0.25) is 0 Å². The smallest absolute Gasteiger partial charge is 0.104 e. The molecule has 5 aromatic carbocycles. The van der Waals surface area contributed by atoms with Crippen molar-refractivity contribution in [2.24, 2.45) is 0 Å². The zero-order valence-corrected chi connectivity index (χ0v) is 22.1. The summed E-state index contributed by atoms with van der Waals surface area (Å²) in [6.45, 7) is 9.73. The molecule has 0 saturated heterocycles. The molecule has 1 unspecified atom stereocenters. The van der Waals surface area contributed by atoms with Gasteiger partial charge in [-0.1, -0.05) is 119 Å². The minimum Gasteiger partial charge on any atom is -0.382 e. The summed E-state index contributed by atoms with van der Waals surface area (Å²) in [6.07, 6.45) is 0.0127. The van der Waals surface area contributed by atoms with Crippen molar-refractivity contribution < 1.29 is 14.2 Å². The second-order valence-electron chi connectivity index (χ2n) is 7.60. The Labute approximate surface area is 211 Å². The van der Waals surface area contributed by atoms with E-state index in [0.717, 1.165) is 0 Å². The molecule has 0 aliphatic heterocycles. The third-order valence-corrected chi connectivity index (χ3v) is 5.49. The molecule has 0 bridgehead atoms. The molecule has 0 aromatic heterocycles. The van der Waals surface area contributed by atoms with Gasteiger partial charge in [0.05, 0.1) is 19.8 Å². The van der Waals surface area contributed by atoms with Gasteiger partial charge in [0.15, 0.2) is 0 Å². The van der Waals surface area contributed by atoms with Gasteiger partial charge in [-0.2, -0.15) is 0 Å². The Morgan fingerprint density at radius 1 is 0.543 bits per heavy atom. The van der Waals surface area contributed by atoms with Crippen molar-refractivity contribution in [3.8, 4) is 0 Å². The Balaban J connectivity index is 0.000000217. The van der Waals surface area contributed by atoms with Crippen molar-refractivity contribution in [3.63, 3.8) is 0 Å². The highest BCUT2D eigenvalue weighted by Gasteiger charge is 2.07. The average molecular weight is 473 g/mol. The molecule has 0 saturated carbocycles. The van der Waals surface area contributed by atoms with Gasteiger partial charge in [-0.3, -0.25) is 0 Å². The van der Waals surface area contributed by atoms with Crippen LogP contribution in [0.15, 0.2) is 91.0 Å². The maximum absolute atomic E-state index is 5.52. The molecule has 5 rings (SSSR count). The zero-order chi connectivity index (χ0) is 25.5. The first-order valence-corrected chi connectivity index (χ1v) is 12.6. The molecule has 5 aromatic rings. The second-order valence-corrected chi connectivity index (χ2v) is 7.60. The molecule has 0 fully saturated rings. The maximum Gasteiger partial charge on any atom is 0.104 e. The van der Waals surface area contributed by atoms with E-state index < -0.39 is 0 Å². The van der Waals surface area contributed by atoms with Crippen molar-refractivity contribution in [2.75, 3.05) is 27.4 Å². The second kappa shape index (κ2) is 15.8. The van der Waals surface area contributed by atoms with Crippen LogP contribution in [0.1, 0.15) is 33.3 Å². The van der Waals surface area contributed by atoms with Gasteiger partial charge < -0.3 is 14.2 Å². The van der Waals surface area contributed by atoms with Crippen LogP contribution in [0.3, 0.4) is 0 Å². The van der Waals surface area contributed by atoms with Crippen LogP contribution >= 0.6 is 0 Å². The minimum absolute atomic E-state index is 0.0127. The lowest BCUT2D eigenvalue weighted by atomic mass is 9.95. The molecule has 0 aliphatic rings. The highest BCUT2D eigenvalue weighted by molar-refractivity contribution is 6.22. The van der Waals surface area contributed by atoms with E-state index in [1.807, 2.05) is 58.0 Å². The molecule has 0 radical (unpaired) electrons. The van der Waals surface area contributed by atoms with E-state index in [4.69, 9.17) is 14.2 Å². The molecule has 0 heterocycles.